The van der Waals surface area contributed by atoms with Gasteiger partial charge < -0.3 is 21.4 Å². The number of aromatic amines is 1. The molecule has 5 atom stereocenters. The van der Waals surface area contributed by atoms with E-state index in [1.165, 1.54) is 24.3 Å². The van der Waals surface area contributed by atoms with Crippen LogP contribution in [-0.2, 0) is 39.8 Å². The van der Waals surface area contributed by atoms with Gasteiger partial charge in [0.25, 0.3) is 0 Å². The molecule has 3 aromatic rings. The van der Waals surface area contributed by atoms with Crippen molar-refractivity contribution in [2.45, 2.75) is 90.0 Å². The van der Waals surface area contributed by atoms with Gasteiger partial charge in [0, 0.05) is 23.9 Å². The number of hydrogen-bond acceptors (Lipinski definition) is 5. The molecule has 13 heteroatoms. The molecule has 2 amide bonds. The average Bonchev–Trinajstić information content (AvgIpc) is 3.41. The lowest BCUT2D eigenvalue weighted by Gasteiger charge is -2.40. The van der Waals surface area contributed by atoms with Gasteiger partial charge in [0.15, 0.2) is 5.78 Å². The Kier molecular flexibility index (Phi) is 11.7. The van der Waals surface area contributed by atoms with Crippen LogP contribution in [0.2, 0.25) is 0 Å². The molecule has 2 unspecified atom stereocenters. The van der Waals surface area contributed by atoms with Gasteiger partial charge in [-0.25, -0.2) is 4.39 Å². The van der Waals surface area contributed by atoms with Crippen molar-refractivity contribution in [3.8, 4) is 0 Å². The molecule has 1 aromatic heterocycles. The van der Waals surface area contributed by atoms with Gasteiger partial charge in [0.1, 0.15) is 11.4 Å². The number of halogens is 4. The van der Waals surface area contributed by atoms with Gasteiger partial charge >= 0.3 is 6.18 Å². The first-order valence-electron chi connectivity index (χ1n) is 16.2. The van der Waals surface area contributed by atoms with E-state index in [0.29, 0.717) is 29.5 Å². The van der Waals surface area contributed by atoms with Gasteiger partial charge in [-0.2, -0.15) is 13.2 Å². The predicted octanol–water partition coefficient (Wildman–Crippen LogP) is 5.30. The number of hydrogen-bond donors (Lipinski definition) is 5. The molecule has 4 rings (SSSR count). The first-order valence-corrected chi connectivity index (χ1v) is 16.6. The molecule has 0 bridgehead atoms. The number of Topliss-reactive ketones (excluding diaryl/α,β-unsaturated/α-hetero) is 1. The molecular weight excluding hydrogens is 646 g/mol. The van der Waals surface area contributed by atoms with E-state index in [4.69, 9.17) is 18.0 Å². The van der Waals surface area contributed by atoms with E-state index in [1.54, 1.807) is 12.1 Å². The maximum Gasteiger partial charge on any atom is 0.418 e. The molecule has 0 saturated carbocycles. The first-order chi connectivity index (χ1) is 22.6. The smallest absolute Gasteiger partial charge is 0.392 e. The summed E-state index contributed by atoms with van der Waals surface area (Å²) in [6.07, 6.45) is -3.40. The molecule has 2 aromatic carbocycles. The number of benzene rings is 2. The summed E-state index contributed by atoms with van der Waals surface area (Å²) in [5.41, 5.74) is 4.84. The minimum Gasteiger partial charge on any atom is -0.392 e. The fourth-order valence-electron chi connectivity index (χ4n) is 6.32. The second-order valence-electron chi connectivity index (χ2n) is 12.8. The van der Waals surface area contributed by atoms with Gasteiger partial charge in [-0.1, -0.05) is 83.1 Å². The summed E-state index contributed by atoms with van der Waals surface area (Å²) >= 11 is 5.27. The second-order valence-corrected chi connectivity index (χ2v) is 13.3. The number of carbonyl (C=O) groups excluding carboxylic acids is 3. The van der Waals surface area contributed by atoms with E-state index in [9.17, 15) is 31.9 Å². The molecule has 0 fully saturated rings. The molecule has 6 N–H and O–H groups in total. The third-order valence-electron chi connectivity index (χ3n) is 9.58. The summed E-state index contributed by atoms with van der Waals surface area (Å²) in [6, 6.07) is 8.25. The number of aromatic nitrogens is 1. The number of H-pyrrole nitrogens is 1. The summed E-state index contributed by atoms with van der Waals surface area (Å²) < 4.78 is 55.9. The Morgan fingerprint density at radius 2 is 1.69 bits per heavy atom. The van der Waals surface area contributed by atoms with E-state index < -0.39 is 47.0 Å². The Balaban J connectivity index is 1.68. The van der Waals surface area contributed by atoms with Crippen LogP contribution in [-0.4, -0.2) is 51.7 Å². The second kappa shape index (κ2) is 15.1. The number of alkyl halides is 3. The molecule has 260 valence electrons. The zero-order valence-corrected chi connectivity index (χ0v) is 28.3. The number of rotatable bonds is 14. The number of thiocarbonyl (C=S) groups is 1. The van der Waals surface area contributed by atoms with Crippen molar-refractivity contribution in [3.05, 3.63) is 70.7 Å². The fraction of sp³-hybridized carbons (Fsp3) is 0.486. The lowest BCUT2D eigenvalue weighted by atomic mass is 9.78. The van der Waals surface area contributed by atoms with Gasteiger partial charge in [0.05, 0.1) is 34.7 Å². The van der Waals surface area contributed by atoms with Crippen LogP contribution in [0.25, 0.3) is 10.9 Å². The molecular formula is C35H43F4N5O3S. The third kappa shape index (κ3) is 8.06. The highest BCUT2D eigenvalue weighted by molar-refractivity contribution is 7.80. The summed E-state index contributed by atoms with van der Waals surface area (Å²) in [5.74, 6) is -2.34. The number of ketones is 1. The van der Waals surface area contributed by atoms with Crippen LogP contribution in [0.3, 0.4) is 0 Å². The number of nitrogens with two attached hydrogens (primary N) is 1. The SMILES string of the molecule is CCC(C)[C@H](NCC(=O)Cc1ccccc1F)C(=O)N[C@]1(C(=O)NC(C(N)=S)[C@@H](C)CC)CCc2[nH]c3c(C(F)(F)F)cccc3c2C1. The Hall–Kier alpha value is -3.84. The van der Waals surface area contributed by atoms with Gasteiger partial charge in [-0.05, 0) is 47.9 Å². The molecule has 1 aliphatic carbocycles. The van der Waals surface area contributed by atoms with Crippen molar-refractivity contribution in [1.82, 2.24) is 20.9 Å². The van der Waals surface area contributed by atoms with E-state index in [1.807, 2.05) is 27.7 Å². The van der Waals surface area contributed by atoms with Crippen LogP contribution < -0.4 is 21.7 Å². The molecule has 0 radical (unpaired) electrons. The van der Waals surface area contributed by atoms with Crippen molar-refractivity contribution in [2.75, 3.05) is 6.54 Å². The summed E-state index contributed by atoms with van der Waals surface area (Å²) in [5, 5.41) is 9.24. The van der Waals surface area contributed by atoms with Gasteiger partial charge in [-0.15, -0.1) is 0 Å². The monoisotopic (exact) mass is 689 g/mol. The zero-order chi connectivity index (χ0) is 35.4. The zero-order valence-electron chi connectivity index (χ0n) is 27.5. The maximum atomic E-state index is 14.3. The topological polar surface area (TPSA) is 129 Å². The number of carbonyl (C=O) groups is 3. The predicted molar refractivity (Wildman–Crippen MR) is 181 cm³/mol. The van der Waals surface area contributed by atoms with E-state index in [0.717, 1.165) is 6.07 Å². The normalized spacial score (nSPS) is 18.8. The number of amides is 2. The van der Waals surface area contributed by atoms with Gasteiger partial charge in [0.2, 0.25) is 11.8 Å². The molecule has 0 saturated heterocycles. The van der Waals surface area contributed by atoms with Crippen molar-refractivity contribution >= 4 is 45.7 Å². The lowest BCUT2D eigenvalue weighted by molar-refractivity contribution is -0.136. The number of nitrogens with one attached hydrogen (secondary N) is 4. The van der Waals surface area contributed by atoms with Gasteiger partial charge in [-0.3, -0.25) is 19.7 Å². The standard InChI is InChI=1S/C35H43F4N5O3S/c1-5-19(3)28(31(40)48)43-33(47)34(15-14-27-24(17-34)23-11-9-12-25(30(23)42-27)35(37,38)39)44-32(46)29(20(4)6-2)41-18-22(45)16-21-10-7-8-13-26(21)36/h7-13,19-20,28-29,41-42H,5-6,14-18H2,1-4H3,(H2,40,48)(H,43,47)(H,44,46)/t19-,20?,28?,29-,34+/m0/s1. The Bertz CT molecular complexity index is 1680. The van der Waals surface area contributed by atoms with Crippen LogP contribution in [0.5, 0.6) is 0 Å². The van der Waals surface area contributed by atoms with Crippen LogP contribution in [0.15, 0.2) is 42.5 Å². The summed E-state index contributed by atoms with van der Waals surface area (Å²) in [6.45, 7) is 7.29. The quantitative estimate of drug-likeness (QED) is 0.115. The molecule has 1 aliphatic rings. The highest BCUT2D eigenvalue weighted by Gasteiger charge is 2.47. The summed E-state index contributed by atoms with van der Waals surface area (Å²) in [7, 11) is 0. The highest BCUT2D eigenvalue weighted by Crippen LogP contribution is 2.40. The third-order valence-corrected chi connectivity index (χ3v) is 9.83. The minimum atomic E-state index is -4.60. The minimum absolute atomic E-state index is 0.0742. The maximum absolute atomic E-state index is 14.3. The molecule has 48 heavy (non-hydrogen) atoms. The largest absolute Gasteiger partial charge is 0.418 e. The van der Waals surface area contributed by atoms with Crippen molar-refractivity contribution in [3.63, 3.8) is 0 Å². The highest BCUT2D eigenvalue weighted by atomic mass is 32.1. The first kappa shape index (κ1) is 37.0. The molecule has 1 heterocycles. The van der Waals surface area contributed by atoms with E-state index in [-0.39, 0.29) is 65.9 Å². The van der Waals surface area contributed by atoms with Crippen molar-refractivity contribution < 1.29 is 31.9 Å². The number of fused-ring (bicyclic) bond motifs is 3. The molecule has 0 spiro atoms. The van der Waals surface area contributed by atoms with E-state index in [2.05, 4.69) is 20.9 Å². The van der Waals surface area contributed by atoms with Crippen molar-refractivity contribution in [2.24, 2.45) is 17.6 Å². The Morgan fingerprint density at radius 3 is 2.31 bits per heavy atom. The summed E-state index contributed by atoms with van der Waals surface area (Å²) in [4.78, 5) is 44.3. The number of para-hydroxylation sites is 1. The Labute approximate surface area is 283 Å². The van der Waals surface area contributed by atoms with Crippen LogP contribution in [0.4, 0.5) is 17.6 Å². The average molecular weight is 690 g/mol. The van der Waals surface area contributed by atoms with E-state index >= 15 is 0 Å². The lowest BCUT2D eigenvalue weighted by Crippen LogP contribution is -2.67. The van der Waals surface area contributed by atoms with Crippen molar-refractivity contribution in [1.29, 1.82) is 0 Å². The molecule has 0 aliphatic heterocycles. The Morgan fingerprint density at radius 1 is 1.02 bits per heavy atom. The molecule has 8 nitrogen and oxygen atoms in total. The number of aryl methyl sites for hydroxylation is 1. The van der Waals surface area contributed by atoms with Crippen LogP contribution in [0.1, 0.15) is 69.3 Å². The van der Waals surface area contributed by atoms with Crippen LogP contribution in [0, 0.1) is 17.7 Å². The fourth-order valence-corrected chi connectivity index (χ4v) is 6.61. The van der Waals surface area contributed by atoms with Crippen LogP contribution >= 0.6 is 12.2 Å².